The van der Waals surface area contributed by atoms with E-state index in [2.05, 4.69) is 60.3 Å². The lowest BCUT2D eigenvalue weighted by Gasteiger charge is -2.39. The second-order valence-electron chi connectivity index (χ2n) is 14.2. The van der Waals surface area contributed by atoms with Crippen LogP contribution in [0.15, 0.2) is 30.6 Å². The highest BCUT2D eigenvalue weighted by atomic mass is 28.4. The molecule has 0 saturated carbocycles. The first-order valence-corrected chi connectivity index (χ1v) is 17.4. The van der Waals surface area contributed by atoms with Crippen LogP contribution >= 0.6 is 0 Å². The van der Waals surface area contributed by atoms with Crippen LogP contribution in [0.1, 0.15) is 65.3 Å². The number of ether oxygens (including phenoxy) is 1. The van der Waals surface area contributed by atoms with Crippen molar-refractivity contribution in [3.05, 3.63) is 47.4 Å². The van der Waals surface area contributed by atoms with Gasteiger partial charge in [-0.05, 0) is 62.7 Å². The Balaban J connectivity index is 1.80. The number of carbonyl (C=O) groups excluding carboxylic acids is 1. The number of fused-ring (bicyclic) bond motifs is 1. The van der Waals surface area contributed by atoms with Crippen LogP contribution in [-0.2, 0) is 27.8 Å². The Morgan fingerprint density at radius 3 is 2.42 bits per heavy atom. The summed E-state index contributed by atoms with van der Waals surface area (Å²) in [5.41, 5.74) is -0.588. The lowest BCUT2D eigenvalue weighted by molar-refractivity contribution is -0.140. The van der Waals surface area contributed by atoms with Crippen molar-refractivity contribution < 1.29 is 27.1 Å². The number of aromatic nitrogens is 4. The molecule has 14 heteroatoms. The number of halogens is 3. The largest absolute Gasteiger partial charge is 0.443 e. The van der Waals surface area contributed by atoms with E-state index < -0.39 is 37.3 Å². The highest BCUT2D eigenvalue weighted by Gasteiger charge is 2.47. The molecule has 0 radical (unpaired) electrons. The quantitative estimate of drug-likeness (QED) is 0.274. The topological polar surface area (TPSA) is 118 Å². The van der Waals surface area contributed by atoms with Gasteiger partial charge in [0.05, 0.1) is 22.6 Å². The van der Waals surface area contributed by atoms with Crippen LogP contribution in [0.3, 0.4) is 0 Å². The number of hydrogen-bond acceptors (Lipinski definition) is 8. The Bertz CT molecular complexity index is 1650. The summed E-state index contributed by atoms with van der Waals surface area (Å²) in [4.78, 5) is 23.5. The molecule has 45 heavy (non-hydrogen) atoms. The zero-order valence-corrected chi connectivity index (χ0v) is 28.3. The summed E-state index contributed by atoms with van der Waals surface area (Å²) in [7, 11) is -0.817. The summed E-state index contributed by atoms with van der Waals surface area (Å²) in [5, 5.41) is 16.4. The first-order valence-electron chi connectivity index (χ1n) is 14.5. The molecule has 0 fully saturated rings. The molecule has 1 aromatic carbocycles. The third-order valence-corrected chi connectivity index (χ3v) is 12.6. The summed E-state index contributed by atoms with van der Waals surface area (Å²) >= 11 is 0. The predicted molar refractivity (Wildman–Crippen MR) is 168 cm³/mol. The lowest BCUT2D eigenvalue weighted by Crippen LogP contribution is -2.46. The maximum atomic E-state index is 13.5. The molecule has 0 aliphatic carbocycles. The fourth-order valence-electron chi connectivity index (χ4n) is 4.77. The van der Waals surface area contributed by atoms with E-state index in [1.165, 1.54) is 24.3 Å². The van der Waals surface area contributed by atoms with Gasteiger partial charge in [0.2, 0.25) is 5.95 Å². The molecule has 0 spiro atoms. The van der Waals surface area contributed by atoms with Gasteiger partial charge in [0, 0.05) is 43.6 Å². The van der Waals surface area contributed by atoms with Crippen molar-refractivity contribution in [3.8, 4) is 17.3 Å². The standard InChI is InChI=1S/C31H40F3N7O3Si/c1-28(2,3)44-27(42)41-17-30(7,18-43-45(9,10)29(4,5)6)21-14-19(13-20(15-35)24(21)41)22-11-12-36-26(37-22)38-23-16-40(8)39-25(23)31(32,33)34/h11-14,16H,17-18H2,1-10H3,(H,36,37,38)/t30-/m1/s1. The van der Waals surface area contributed by atoms with Gasteiger partial charge in [-0.15, -0.1) is 0 Å². The van der Waals surface area contributed by atoms with Gasteiger partial charge in [-0.25, -0.2) is 14.8 Å². The third kappa shape index (κ3) is 7.15. The van der Waals surface area contributed by atoms with Crippen molar-refractivity contribution >= 4 is 31.7 Å². The van der Waals surface area contributed by atoms with Gasteiger partial charge in [0.25, 0.3) is 0 Å². The first kappa shape index (κ1) is 33.9. The average Bonchev–Trinajstić information content (AvgIpc) is 3.43. The number of amides is 1. The van der Waals surface area contributed by atoms with E-state index in [1.807, 2.05) is 13.0 Å². The highest BCUT2D eigenvalue weighted by molar-refractivity contribution is 6.74. The molecule has 3 heterocycles. The van der Waals surface area contributed by atoms with Crippen LogP contribution in [-0.4, -0.2) is 52.9 Å². The molecule has 1 amide bonds. The molecule has 1 aliphatic rings. The minimum Gasteiger partial charge on any atom is -0.443 e. The summed E-state index contributed by atoms with van der Waals surface area (Å²) in [5.74, 6) is -0.0793. The number of rotatable bonds is 6. The number of alkyl halides is 3. The monoisotopic (exact) mass is 643 g/mol. The number of anilines is 3. The number of aryl methyl sites for hydroxylation is 1. The van der Waals surface area contributed by atoms with Crippen LogP contribution in [0.2, 0.25) is 18.1 Å². The minimum atomic E-state index is -4.68. The Morgan fingerprint density at radius 1 is 1.18 bits per heavy atom. The molecule has 10 nitrogen and oxygen atoms in total. The van der Waals surface area contributed by atoms with Gasteiger partial charge in [0.15, 0.2) is 14.0 Å². The summed E-state index contributed by atoms with van der Waals surface area (Å²) in [6, 6.07) is 7.29. The van der Waals surface area contributed by atoms with Crippen LogP contribution < -0.4 is 10.2 Å². The molecule has 3 aromatic rings. The number of carbonyl (C=O) groups is 1. The molecular weight excluding hydrogens is 603 g/mol. The second-order valence-corrected chi connectivity index (χ2v) is 19.0. The molecule has 0 saturated heterocycles. The maximum absolute atomic E-state index is 13.5. The predicted octanol–water partition coefficient (Wildman–Crippen LogP) is 7.55. The van der Waals surface area contributed by atoms with Gasteiger partial charge < -0.3 is 14.5 Å². The van der Waals surface area contributed by atoms with Crippen molar-refractivity contribution in [1.82, 2.24) is 19.7 Å². The van der Waals surface area contributed by atoms with Crippen LogP contribution in [0.4, 0.5) is 35.3 Å². The smallest absolute Gasteiger partial charge is 0.437 e. The van der Waals surface area contributed by atoms with Gasteiger partial charge in [0.1, 0.15) is 11.7 Å². The zero-order valence-electron chi connectivity index (χ0n) is 27.3. The maximum Gasteiger partial charge on any atom is 0.437 e. The number of nitriles is 1. The molecule has 1 N–H and O–H groups in total. The van der Waals surface area contributed by atoms with Gasteiger partial charge in [-0.1, -0.05) is 27.7 Å². The molecule has 1 aliphatic heterocycles. The fraction of sp³-hybridized carbons (Fsp3) is 0.516. The van der Waals surface area contributed by atoms with Crippen molar-refractivity contribution in [2.75, 3.05) is 23.4 Å². The van der Waals surface area contributed by atoms with Crippen molar-refractivity contribution in [2.24, 2.45) is 7.05 Å². The van der Waals surface area contributed by atoms with Crippen LogP contribution in [0.5, 0.6) is 0 Å². The lowest BCUT2D eigenvalue weighted by atomic mass is 9.83. The SMILES string of the molecule is Cn1cc(Nc2nccc(-c3cc(C#N)c4c(c3)[C@@](C)(CO[Si](C)(C)C(C)(C)C)CN4C(=O)OC(C)(C)C)n2)c(C(F)(F)F)n1. The van der Waals surface area contributed by atoms with E-state index in [0.717, 1.165) is 4.68 Å². The number of nitrogens with one attached hydrogen (secondary N) is 1. The number of hydrogen-bond donors (Lipinski definition) is 1. The van der Waals surface area contributed by atoms with Gasteiger partial charge in [-0.2, -0.15) is 23.5 Å². The molecular formula is C31H40F3N7O3Si. The van der Waals surface area contributed by atoms with Crippen molar-refractivity contribution in [1.29, 1.82) is 5.26 Å². The normalized spacial score (nSPS) is 17.2. The molecule has 0 unspecified atom stereocenters. The number of benzene rings is 1. The van der Waals surface area contributed by atoms with Crippen molar-refractivity contribution in [2.45, 2.75) is 83.8 Å². The fourth-order valence-corrected chi connectivity index (χ4v) is 5.89. The average molecular weight is 644 g/mol. The molecule has 1 atom stereocenters. The van der Waals surface area contributed by atoms with Crippen LogP contribution in [0, 0.1) is 11.3 Å². The molecule has 0 bridgehead atoms. The van der Waals surface area contributed by atoms with Crippen LogP contribution in [0.25, 0.3) is 11.3 Å². The second kappa shape index (κ2) is 11.4. The molecule has 242 valence electrons. The minimum absolute atomic E-state index is 0.0556. The Hall–Kier alpha value is -3.96. The van der Waals surface area contributed by atoms with E-state index in [9.17, 15) is 23.2 Å². The Morgan fingerprint density at radius 2 is 1.84 bits per heavy atom. The molecule has 2 aromatic heterocycles. The van der Waals surface area contributed by atoms with Crippen molar-refractivity contribution in [3.63, 3.8) is 0 Å². The third-order valence-electron chi connectivity index (χ3n) is 8.12. The number of nitrogens with zero attached hydrogens (tertiary/aromatic N) is 6. The Labute approximate surface area is 262 Å². The highest BCUT2D eigenvalue weighted by Crippen LogP contribution is 2.47. The summed E-state index contributed by atoms with van der Waals surface area (Å²) < 4.78 is 54.1. The Kier molecular flexibility index (Phi) is 8.62. The summed E-state index contributed by atoms with van der Waals surface area (Å²) in [6.45, 7) is 18.6. The van der Waals surface area contributed by atoms with E-state index in [-0.39, 0.29) is 28.8 Å². The molecule has 4 rings (SSSR count). The van der Waals surface area contributed by atoms with E-state index in [0.29, 0.717) is 29.1 Å². The van der Waals surface area contributed by atoms with Gasteiger partial charge in [-0.3, -0.25) is 9.58 Å². The van der Waals surface area contributed by atoms with E-state index in [4.69, 9.17) is 9.16 Å². The van der Waals surface area contributed by atoms with Gasteiger partial charge >= 0.3 is 12.3 Å². The summed E-state index contributed by atoms with van der Waals surface area (Å²) in [6.07, 6.45) is -2.64. The van der Waals surface area contributed by atoms with E-state index in [1.54, 1.807) is 32.9 Å². The first-order chi connectivity index (χ1) is 20.5. The zero-order chi connectivity index (χ0) is 33.8. The van der Waals surface area contributed by atoms with E-state index >= 15 is 0 Å².